The Labute approximate surface area is 243 Å². The summed E-state index contributed by atoms with van der Waals surface area (Å²) in [5.41, 5.74) is 5.85. The number of carbonyl (C=O) groups excluding carboxylic acids is 1. The van der Waals surface area contributed by atoms with Crippen molar-refractivity contribution in [2.24, 2.45) is 0 Å². The van der Waals surface area contributed by atoms with E-state index in [-0.39, 0.29) is 6.10 Å². The number of fused-ring (bicyclic) bond motifs is 2. The molecule has 8 nitrogen and oxygen atoms in total. The number of benzene rings is 2. The fourth-order valence-electron chi connectivity index (χ4n) is 5.88. The SMILES string of the molecule is Cc1nc2cc(COc3cccc(C4CCN(Cc5nc6ccc(C=O)cc6n5CC5CCO5)CC4)n3)ccc2s1. The second-order valence-electron chi connectivity index (χ2n) is 11.1. The van der Waals surface area contributed by atoms with Crippen LogP contribution in [-0.4, -0.2) is 56.5 Å². The number of nitrogens with zero attached hydrogens (tertiary/aromatic N) is 5. The Morgan fingerprint density at radius 2 is 1.90 bits per heavy atom. The first-order valence-corrected chi connectivity index (χ1v) is 15.2. The molecule has 0 amide bonds. The first-order valence-electron chi connectivity index (χ1n) is 14.4. The third kappa shape index (κ3) is 5.62. The molecule has 2 fully saturated rings. The average molecular weight is 568 g/mol. The van der Waals surface area contributed by atoms with Crippen LogP contribution in [0.25, 0.3) is 21.3 Å². The molecule has 210 valence electrons. The summed E-state index contributed by atoms with van der Waals surface area (Å²) < 4.78 is 15.3. The second-order valence-corrected chi connectivity index (χ2v) is 12.3. The lowest BCUT2D eigenvalue weighted by Gasteiger charge is -2.32. The van der Waals surface area contributed by atoms with Crippen molar-refractivity contribution in [3.63, 3.8) is 0 Å². The van der Waals surface area contributed by atoms with Gasteiger partial charge >= 0.3 is 0 Å². The molecule has 2 aliphatic heterocycles. The van der Waals surface area contributed by atoms with Crippen LogP contribution in [0.2, 0.25) is 0 Å². The van der Waals surface area contributed by atoms with Crippen LogP contribution in [0.3, 0.4) is 0 Å². The molecule has 0 N–H and O–H groups in total. The molecule has 2 aliphatic rings. The molecule has 1 unspecified atom stereocenters. The third-order valence-corrected chi connectivity index (χ3v) is 9.18. The molecule has 0 bridgehead atoms. The Hall–Kier alpha value is -3.66. The highest BCUT2D eigenvalue weighted by molar-refractivity contribution is 7.18. The number of hydrogen-bond acceptors (Lipinski definition) is 8. The molecular weight excluding hydrogens is 534 g/mol. The van der Waals surface area contributed by atoms with Gasteiger partial charge in [-0.05, 0) is 81.2 Å². The van der Waals surface area contributed by atoms with Crippen molar-refractivity contribution in [1.29, 1.82) is 0 Å². The Morgan fingerprint density at radius 3 is 2.71 bits per heavy atom. The Bertz CT molecular complexity index is 1700. The van der Waals surface area contributed by atoms with Crippen molar-refractivity contribution >= 4 is 38.9 Å². The number of carbonyl (C=O) groups is 1. The van der Waals surface area contributed by atoms with Crippen LogP contribution >= 0.6 is 11.3 Å². The molecular formula is C32H33N5O3S. The molecule has 2 saturated heterocycles. The Morgan fingerprint density at radius 1 is 1.02 bits per heavy atom. The largest absolute Gasteiger partial charge is 0.473 e. The number of aryl methyl sites for hydroxylation is 1. The van der Waals surface area contributed by atoms with Gasteiger partial charge in [0, 0.05) is 29.8 Å². The van der Waals surface area contributed by atoms with Crippen LogP contribution in [0.4, 0.5) is 0 Å². The molecule has 0 spiro atoms. The molecule has 2 aromatic carbocycles. The Balaban J connectivity index is 0.994. The number of likely N-dealkylation sites (tertiary alicyclic amines) is 1. The molecule has 0 saturated carbocycles. The maximum Gasteiger partial charge on any atom is 0.213 e. The highest BCUT2D eigenvalue weighted by atomic mass is 32.1. The van der Waals surface area contributed by atoms with Gasteiger partial charge in [-0.3, -0.25) is 9.69 Å². The summed E-state index contributed by atoms with van der Waals surface area (Å²) in [7, 11) is 0. The zero-order valence-electron chi connectivity index (χ0n) is 23.2. The number of aldehydes is 1. The van der Waals surface area contributed by atoms with Gasteiger partial charge in [0.1, 0.15) is 18.7 Å². The van der Waals surface area contributed by atoms with E-state index in [9.17, 15) is 4.79 Å². The van der Waals surface area contributed by atoms with E-state index >= 15 is 0 Å². The van der Waals surface area contributed by atoms with Gasteiger partial charge in [0.15, 0.2) is 0 Å². The number of piperidine rings is 1. The van der Waals surface area contributed by atoms with Crippen LogP contribution < -0.4 is 4.74 Å². The lowest BCUT2D eigenvalue weighted by Crippen LogP contribution is -2.35. The van der Waals surface area contributed by atoms with E-state index in [1.165, 1.54) is 4.70 Å². The maximum absolute atomic E-state index is 11.4. The van der Waals surface area contributed by atoms with Gasteiger partial charge in [0.05, 0.1) is 45.5 Å². The zero-order valence-corrected chi connectivity index (χ0v) is 24.0. The quantitative estimate of drug-likeness (QED) is 0.205. The first kappa shape index (κ1) is 26.3. The average Bonchev–Trinajstić information content (AvgIpc) is 3.52. The van der Waals surface area contributed by atoms with Crippen molar-refractivity contribution in [3.8, 4) is 5.88 Å². The van der Waals surface area contributed by atoms with Crippen molar-refractivity contribution in [3.05, 3.63) is 82.3 Å². The van der Waals surface area contributed by atoms with Crippen LogP contribution in [-0.2, 0) is 24.4 Å². The number of pyridine rings is 1. The minimum atomic E-state index is 0.219. The fraction of sp³-hybridized carbons (Fsp3) is 0.375. The molecule has 9 heteroatoms. The molecule has 0 aliphatic carbocycles. The lowest BCUT2D eigenvalue weighted by molar-refractivity contribution is -0.0592. The molecule has 7 rings (SSSR count). The number of ether oxygens (including phenoxy) is 2. The van der Waals surface area contributed by atoms with Crippen LogP contribution in [0.1, 0.15) is 57.6 Å². The standard InChI is InChI=1S/C32H33N5O3S/c1-21-33-28-15-23(6-8-30(28)41-21)20-40-32-4-2-3-26(35-32)24-9-12-36(13-10-24)18-31-34-27-7-5-22(19-38)16-29(27)37(31)17-25-11-14-39-25/h2-8,15-16,19,24-25H,9-14,17-18,20H2,1H3. The topological polar surface area (TPSA) is 82.4 Å². The molecule has 0 radical (unpaired) electrons. The van der Waals surface area contributed by atoms with Gasteiger partial charge in [-0.2, -0.15) is 0 Å². The van der Waals surface area contributed by atoms with Gasteiger partial charge in [-0.15, -0.1) is 11.3 Å². The van der Waals surface area contributed by atoms with Crippen LogP contribution in [0, 0.1) is 6.92 Å². The molecule has 3 aromatic heterocycles. The van der Waals surface area contributed by atoms with E-state index in [2.05, 4.69) is 44.8 Å². The summed E-state index contributed by atoms with van der Waals surface area (Å²) in [5.74, 6) is 2.11. The van der Waals surface area contributed by atoms with E-state index < -0.39 is 0 Å². The van der Waals surface area contributed by atoms with Gasteiger partial charge < -0.3 is 14.0 Å². The van der Waals surface area contributed by atoms with E-state index in [1.54, 1.807) is 11.3 Å². The summed E-state index contributed by atoms with van der Waals surface area (Å²) in [6.07, 6.45) is 4.26. The minimum Gasteiger partial charge on any atom is -0.473 e. The predicted molar refractivity (Wildman–Crippen MR) is 160 cm³/mol. The zero-order chi connectivity index (χ0) is 27.8. The van der Waals surface area contributed by atoms with Gasteiger partial charge in [0.25, 0.3) is 0 Å². The lowest BCUT2D eigenvalue weighted by atomic mass is 9.93. The van der Waals surface area contributed by atoms with Gasteiger partial charge in [-0.1, -0.05) is 12.1 Å². The van der Waals surface area contributed by atoms with Crippen molar-refractivity contribution in [2.75, 3.05) is 19.7 Å². The van der Waals surface area contributed by atoms with Crippen molar-refractivity contribution in [2.45, 2.75) is 57.9 Å². The van der Waals surface area contributed by atoms with E-state index in [4.69, 9.17) is 19.4 Å². The van der Waals surface area contributed by atoms with E-state index in [1.807, 2.05) is 31.2 Å². The second kappa shape index (κ2) is 11.3. The number of hydrogen-bond donors (Lipinski definition) is 0. The molecule has 1 atom stereocenters. The van der Waals surface area contributed by atoms with E-state index in [0.717, 1.165) is 97.0 Å². The van der Waals surface area contributed by atoms with Crippen molar-refractivity contribution < 1.29 is 14.3 Å². The first-order chi connectivity index (χ1) is 20.1. The number of thiazole rings is 1. The van der Waals surface area contributed by atoms with Gasteiger partial charge in [0.2, 0.25) is 5.88 Å². The maximum atomic E-state index is 11.4. The number of aromatic nitrogens is 4. The summed E-state index contributed by atoms with van der Waals surface area (Å²) >= 11 is 1.71. The molecule has 41 heavy (non-hydrogen) atoms. The predicted octanol–water partition coefficient (Wildman–Crippen LogP) is 5.91. The summed E-state index contributed by atoms with van der Waals surface area (Å²) in [4.78, 5) is 28.3. The normalized spacial score (nSPS) is 18.1. The van der Waals surface area contributed by atoms with Crippen molar-refractivity contribution in [1.82, 2.24) is 24.4 Å². The van der Waals surface area contributed by atoms with Crippen LogP contribution in [0.15, 0.2) is 54.6 Å². The van der Waals surface area contributed by atoms with Gasteiger partial charge in [-0.25, -0.2) is 15.0 Å². The highest BCUT2D eigenvalue weighted by Gasteiger charge is 2.26. The monoisotopic (exact) mass is 567 g/mol. The number of rotatable bonds is 9. The Kier molecular flexibility index (Phi) is 7.24. The van der Waals surface area contributed by atoms with Crippen LogP contribution in [0.5, 0.6) is 5.88 Å². The smallest absolute Gasteiger partial charge is 0.213 e. The molecule has 5 heterocycles. The molecule has 5 aromatic rings. The third-order valence-electron chi connectivity index (χ3n) is 8.23. The summed E-state index contributed by atoms with van der Waals surface area (Å²) in [6.45, 7) is 6.85. The van der Waals surface area contributed by atoms with E-state index in [0.29, 0.717) is 24.0 Å². The number of imidazole rings is 1. The fourth-order valence-corrected chi connectivity index (χ4v) is 6.69. The summed E-state index contributed by atoms with van der Waals surface area (Å²) in [6, 6.07) is 18.2. The minimum absolute atomic E-state index is 0.219. The summed E-state index contributed by atoms with van der Waals surface area (Å²) in [5, 5.41) is 1.08. The highest BCUT2D eigenvalue weighted by Crippen LogP contribution is 2.30.